The number of rotatable bonds is 7. The third-order valence-electron chi connectivity index (χ3n) is 5.25. The molecule has 4 aromatic rings. The van der Waals surface area contributed by atoms with E-state index in [1.165, 1.54) is 43.3 Å². The summed E-state index contributed by atoms with van der Waals surface area (Å²) in [5, 5.41) is 28.4. The number of nitrogens with zero attached hydrogens (tertiary/aromatic N) is 6. The molecule has 2 aromatic heterocycles. The van der Waals surface area contributed by atoms with Crippen LogP contribution in [-0.4, -0.2) is 51.6 Å². The van der Waals surface area contributed by atoms with E-state index < -0.39 is 43.0 Å². The third kappa shape index (κ3) is 5.54. The molecule has 0 aliphatic carbocycles. The first-order chi connectivity index (χ1) is 17.4. The Bertz CT molecular complexity index is 1460. The summed E-state index contributed by atoms with van der Waals surface area (Å²) in [7, 11) is 0. The van der Waals surface area contributed by atoms with Gasteiger partial charge in [0.15, 0.2) is 23.6 Å². The molecule has 0 bridgehead atoms. The lowest BCUT2D eigenvalue weighted by molar-refractivity contribution is -0.207. The van der Waals surface area contributed by atoms with Gasteiger partial charge in [-0.25, -0.2) is 23.5 Å². The molecule has 0 radical (unpaired) electrons. The number of alkyl halides is 3. The van der Waals surface area contributed by atoms with E-state index >= 15 is 0 Å². The Labute approximate surface area is 216 Å². The average molecular weight is 561 g/mol. The number of aromatic nitrogens is 6. The maximum absolute atomic E-state index is 14.5. The minimum absolute atomic E-state index is 0.0223. The zero-order valence-electron chi connectivity index (χ0n) is 18.9. The van der Waals surface area contributed by atoms with Crippen LogP contribution < -0.4 is 5.69 Å². The van der Waals surface area contributed by atoms with Crippen LogP contribution in [0.1, 0.15) is 24.7 Å². The number of para-hydroxylation sites is 1. The Morgan fingerprint density at radius 2 is 1.73 bits per heavy atom. The van der Waals surface area contributed by atoms with Gasteiger partial charge in [0, 0.05) is 10.6 Å². The van der Waals surface area contributed by atoms with Gasteiger partial charge in [-0.05, 0) is 43.3 Å². The maximum atomic E-state index is 14.5. The van der Waals surface area contributed by atoms with Crippen LogP contribution in [0.5, 0.6) is 0 Å². The number of benzene rings is 2. The molecule has 0 amide bonds. The Kier molecular flexibility index (Phi) is 7.42. The van der Waals surface area contributed by atoms with Gasteiger partial charge < -0.3 is 10.2 Å². The topological polar surface area (TPSA) is 111 Å². The molecule has 2 N–H and O–H groups in total. The summed E-state index contributed by atoms with van der Waals surface area (Å²) in [4.78, 5) is 17.2. The van der Waals surface area contributed by atoms with Crippen LogP contribution in [-0.2, 0) is 13.1 Å². The lowest BCUT2D eigenvalue weighted by Crippen LogP contribution is -2.37. The molecule has 2 atom stereocenters. The molecule has 0 spiro atoms. The quantitative estimate of drug-likeness (QED) is 0.333. The van der Waals surface area contributed by atoms with E-state index in [1.807, 2.05) is 0 Å². The molecule has 0 aliphatic rings. The second-order valence-electron chi connectivity index (χ2n) is 7.98. The second kappa shape index (κ2) is 10.2. The van der Waals surface area contributed by atoms with Gasteiger partial charge in [-0.1, -0.05) is 29.3 Å². The van der Waals surface area contributed by atoms with Gasteiger partial charge in [-0.2, -0.15) is 13.2 Å². The van der Waals surface area contributed by atoms with Crippen molar-refractivity contribution in [3.63, 3.8) is 0 Å². The summed E-state index contributed by atoms with van der Waals surface area (Å²) < 4.78 is 56.1. The Hall–Kier alpha value is -3.26. The molecule has 196 valence electrons. The van der Waals surface area contributed by atoms with Gasteiger partial charge in [-0.3, -0.25) is 4.57 Å². The summed E-state index contributed by atoms with van der Waals surface area (Å²) in [6.07, 6.45) is -9.04. The van der Waals surface area contributed by atoms with E-state index in [0.29, 0.717) is 9.59 Å². The van der Waals surface area contributed by atoms with Gasteiger partial charge in [0.2, 0.25) is 0 Å². The highest BCUT2D eigenvalue weighted by atomic mass is 35.5. The highest BCUT2D eigenvalue weighted by Gasteiger charge is 2.39. The molecule has 2 aromatic carbocycles. The molecule has 37 heavy (non-hydrogen) atoms. The number of hydrogen-bond acceptors (Lipinski definition) is 6. The van der Waals surface area contributed by atoms with E-state index in [0.717, 1.165) is 15.4 Å². The van der Waals surface area contributed by atoms with E-state index in [2.05, 4.69) is 15.2 Å². The van der Waals surface area contributed by atoms with Crippen molar-refractivity contribution in [2.24, 2.45) is 0 Å². The zero-order chi connectivity index (χ0) is 27.1. The largest absolute Gasteiger partial charge is 0.416 e. The summed E-state index contributed by atoms with van der Waals surface area (Å²) in [5.41, 5.74) is -0.921. The van der Waals surface area contributed by atoms with Crippen molar-refractivity contribution < 1.29 is 27.8 Å². The molecule has 2 heterocycles. The zero-order valence-corrected chi connectivity index (χ0v) is 20.4. The van der Waals surface area contributed by atoms with Crippen molar-refractivity contribution in [2.45, 2.75) is 38.4 Å². The first-order valence-electron chi connectivity index (χ1n) is 10.6. The van der Waals surface area contributed by atoms with Crippen molar-refractivity contribution in [1.29, 1.82) is 0 Å². The van der Waals surface area contributed by atoms with E-state index in [9.17, 15) is 32.6 Å². The lowest BCUT2D eigenvalue weighted by Gasteiger charge is -2.15. The number of aliphatic hydroxyl groups is 2. The van der Waals surface area contributed by atoms with Gasteiger partial charge >= 0.3 is 11.9 Å². The standard InChI is InChI=1S/C22H18Cl2F4N6O3/c1-11(35)19-29-17(30-34(19)18-14(24)3-2-4-15(18)25)10-33-21(37)32(9-16(36)22(26,27)28)20(31-33)12-5-7-13(23)8-6-12/h2-8,11,16,35-36H,9-10H2,1H3. The predicted molar refractivity (Wildman–Crippen MR) is 125 cm³/mol. The Balaban J connectivity index is 1.79. The lowest BCUT2D eigenvalue weighted by atomic mass is 10.2. The summed E-state index contributed by atoms with van der Waals surface area (Å²) in [6.45, 7) is -0.212. The van der Waals surface area contributed by atoms with Crippen LogP contribution in [0.2, 0.25) is 10.0 Å². The molecule has 0 fully saturated rings. The maximum Gasteiger partial charge on any atom is 0.416 e. The minimum atomic E-state index is -4.98. The molecular formula is C22H18Cl2F4N6O3. The molecule has 4 rings (SSSR count). The van der Waals surface area contributed by atoms with Crippen molar-refractivity contribution in [3.8, 4) is 17.1 Å². The van der Waals surface area contributed by atoms with Gasteiger partial charge in [-0.15, -0.1) is 10.2 Å². The van der Waals surface area contributed by atoms with Crippen molar-refractivity contribution in [3.05, 3.63) is 80.5 Å². The fourth-order valence-electron chi connectivity index (χ4n) is 3.49. The Morgan fingerprint density at radius 3 is 2.32 bits per heavy atom. The van der Waals surface area contributed by atoms with Gasteiger partial charge in [0.1, 0.15) is 24.2 Å². The fourth-order valence-corrected chi connectivity index (χ4v) is 3.86. The van der Waals surface area contributed by atoms with Crippen LogP contribution in [0.4, 0.5) is 17.6 Å². The number of aliphatic hydroxyl groups excluding tert-OH is 2. The van der Waals surface area contributed by atoms with Crippen molar-refractivity contribution >= 4 is 23.2 Å². The van der Waals surface area contributed by atoms with E-state index in [-0.39, 0.29) is 33.7 Å². The van der Waals surface area contributed by atoms with Gasteiger partial charge in [0.25, 0.3) is 0 Å². The Morgan fingerprint density at radius 1 is 1.05 bits per heavy atom. The smallest absolute Gasteiger partial charge is 0.385 e. The molecule has 0 aliphatic heterocycles. The molecule has 9 nitrogen and oxygen atoms in total. The molecule has 0 saturated heterocycles. The first kappa shape index (κ1) is 26.8. The predicted octanol–water partition coefficient (Wildman–Crippen LogP) is 3.76. The number of halogens is 6. The number of hydrogen-bond donors (Lipinski definition) is 2. The normalized spacial score (nSPS) is 13.6. The SMILES string of the molecule is CC(O)c1nc(Cn2nc(-c3ccc(Cl)cc3)n(CC(O)C(F)(F)F)c2=O)nn1-c1c(F)cccc1Cl. The third-order valence-corrected chi connectivity index (χ3v) is 5.81. The molecular weight excluding hydrogens is 543 g/mol. The van der Waals surface area contributed by atoms with Crippen LogP contribution in [0.25, 0.3) is 17.1 Å². The monoisotopic (exact) mass is 560 g/mol. The summed E-state index contributed by atoms with van der Waals surface area (Å²) in [6, 6.07) is 9.73. The molecule has 15 heteroatoms. The summed E-state index contributed by atoms with van der Waals surface area (Å²) >= 11 is 12.0. The summed E-state index contributed by atoms with van der Waals surface area (Å²) in [5.74, 6) is -1.13. The van der Waals surface area contributed by atoms with Crippen LogP contribution in [0, 0.1) is 5.82 Å². The first-order valence-corrected chi connectivity index (χ1v) is 11.4. The minimum Gasteiger partial charge on any atom is -0.385 e. The van der Waals surface area contributed by atoms with Gasteiger partial charge in [0.05, 0.1) is 11.6 Å². The fraction of sp³-hybridized carbons (Fsp3) is 0.273. The van der Waals surface area contributed by atoms with Crippen molar-refractivity contribution in [2.75, 3.05) is 0 Å². The van der Waals surface area contributed by atoms with Crippen molar-refractivity contribution in [1.82, 2.24) is 29.1 Å². The molecule has 2 unspecified atom stereocenters. The van der Waals surface area contributed by atoms with Crippen LogP contribution >= 0.6 is 23.2 Å². The van der Waals surface area contributed by atoms with Crippen LogP contribution in [0.3, 0.4) is 0 Å². The van der Waals surface area contributed by atoms with E-state index in [1.54, 1.807) is 0 Å². The highest BCUT2D eigenvalue weighted by molar-refractivity contribution is 6.32. The average Bonchev–Trinajstić information content (AvgIpc) is 3.36. The van der Waals surface area contributed by atoms with Crippen LogP contribution in [0.15, 0.2) is 47.3 Å². The highest BCUT2D eigenvalue weighted by Crippen LogP contribution is 2.27. The van der Waals surface area contributed by atoms with E-state index in [4.69, 9.17) is 23.2 Å². The second-order valence-corrected chi connectivity index (χ2v) is 8.83. The molecule has 0 saturated carbocycles.